The molecule has 0 spiro atoms. The van der Waals surface area contributed by atoms with Gasteiger partial charge in [0.05, 0.1) is 0 Å². The van der Waals surface area contributed by atoms with E-state index in [0.29, 0.717) is 0 Å². The van der Waals surface area contributed by atoms with Crippen LogP contribution in [0.2, 0.25) is 0 Å². The molecule has 3 nitrogen and oxygen atoms in total. The summed E-state index contributed by atoms with van der Waals surface area (Å²) >= 11 is 0. The quantitative estimate of drug-likeness (QED) is 0.427. The van der Waals surface area contributed by atoms with Crippen LogP contribution in [0.5, 0.6) is 0 Å². The van der Waals surface area contributed by atoms with Gasteiger partial charge in [-0.25, -0.2) is 0 Å². The zero-order chi connectivity index (χ0) is 10.4. The minimum absolute atomic E-state index is 0. The van der Waals surface area contributed by atoms with Crippen molar-refractivity contribution in [2.75, 3.05) is 21.3 Å². The predicted octanol–water partition coefficient (Wildman–Crippen LogP) is 0.978. The molecular formula is C9H23O3Ti-. The van der Waals surface area contributed by atoms with Crippen molar-refractivity contribution < 1.29 is 37.0 Å². The van der Waals surface area contributed by atoms with E-state index in [4.69, 9.17) is 15.3 Å². The van der Waals surface area contributed by atoms with Gasteiger partial charge in [-0.05, 0) is 0 Å². The van der Waals surface area contributed by atoms with E-state index >= 15 is 0 Å². The second kappa shape index (κ2) is 29.4. The normalized spacial score (nSPS) is 13.2. The number of hydrogen-bond donors (Lipinski definition) is 3. The summed E-state index contributed by atoms with van der Waals surface area (Å²) in [5.41, 5.74) is 0. The van der Waals surface area contributed by atoms with Crippen molar-refractivity contribution in [2.45, 2.75) is 32.6 Å². The third-order valence-electron chi connectivity index (χ3n) is 1.46. The molecule has 0 atom stereocenters. The molecule has 0 aliphatic heterocycles. The molecule has 1 saturated carbocycles. The first kappa shape index (κ1) is 23.4. The first-order valence-corrected chi connectivity index (χ1v) is 4.05. The fraction of sp³-hybridized carbons (Fsp3) is 0.889. The van der Waals surface area contributed by atoms with E-state index in [0.717, 1.165) is 21.3 Å². The summed E-state index contributed by atoms with van der Waals surface area (Å²) in [5, 5.41) is 21.0. The van der Waals surface area contributed by atoms with Crippen LogP contribution in [0, 0.1) is 5.92 Å². The maximum Gasteiger partial charge on any atom is 0.0319 e. The van der Waals surface area contributed by atoms with Gasteiger partial charge in [-0.1, -0.05) is 12.8 Å². The Labute approximate surface area is 97.1 Å². The van der Waals surface area contributed by atoms with Crippen LogP contribution in [0.4, 0.5) is 0 Å². The van der Waals surface area contributed by atoms with Gasteiger partial charge < -0.3 is 21.2 Å². The zero-order valence-electron chi connectivity index (χ0n) is 9.17. The van der Waals surface area contributed by atoms with Crippen molar-refractivity contribution in [2.24, 2.45) is 0 Å². The van der Waals surface area contributed by atoms with Gasteiger partial charge in [0.2, 0.25) is 0 Å². The van der Waals surface area contributed by atoms with Crippen LogP contribution in [0.3, 0.4) is 0 Å². The van der Waals surface area contributed by atoms with Gasteiger partial charge in [0.1, 0.15) is 0 Å². The Morgan fingerprint density at radius 1 is 0.769 bits per heavy atom. The molecule has 3 N–H and O–H groups in total. The van der Waals surface area contributed by atoms with Crippen LogP contribution in [-0.4, -0.2) is 36.6 Å². The molecule has 0 aromatic carbocycles. The third kappa shape index (κ3) is 24.5. The first-order chi connectivity index (χ1) is 5.89. The second-order valence-corrected chi connectivity index (χ2v) is 2.16. The first-order valence-electron chi connectivity index (χ1n) is 4.05. The number of aliphatic hydroxyl groups excluding tert-OH is 3. The molecule has 1 aliphatic carbocycles. The van der Waals surface area contributed by atoms with E-state index in [9.17, 15) is 0 Å². The number of aliphatic hydroxyl groups is 3. The van der Waals surface area contributed by atoms with Crippen LogP contribution >= 0.6 is 0 Å². The van der Waals surface area contributed by atoms with Gasteiger partial charge in [0, 0.05) is 43.0 Å². The molecule has 13 heavy (non-hydrogen) atoms. The Kier molecular flexibility index (Phi) is 52.9. The molecule has 0 unspecified atom stereocenters. The molecule has 0 radical (unpaired) electrons. The Balaban J connectivity index is -0.0000000508. The Hall–Kier alpha value is 0.594. The summed E-state index contributed by atoms with van der Waals surface area (Å²) in [7, 11) is 3.00. The fourth-order valence-electron chi connectivity index (χ4n) is 0.979. The van der Waals surface area contributed by atoms with Crippen molar-refractivity contribution in [3.63, 3.8) is 0 Å². The molecule has 0 saturated heterocycles. The van der Waals surface area contributed by atoms with Crippen molar-refractivity contribution in [3.05, 3.63) is 5.92 Å². The Morgan fingerprint density at radius 3 is 1.08 bits per heavy atom. The average Bonchev–Trinajstić information content (AvgIpc) is 2.66. The maximum atomic E-state index is 7.00. The van der Waals surface area contributed by atoms with E-state index in [-0.39, 0.29) is 21.7 Å². The molecule has 1 fully saturated rings. The molecule has 1 aliphatic rings. The summed E-state index contributed by atoms with van der Waals surface area (Å²) < 4.78 is 0. The Bertz CT molecular complexity index is 48.1. The SMILES string of the molecule is CO.CO.CO.C[C-]1CCCC1.[Ti]. The smallest absolute Gasteiger partial charge is 0.0319 e. The monoisotopic (exact) mass is 227 g/mol. The maximum absolute atomic E-state index is 7.00. The summed E-state index contributed by atoms with van der Waals surface area (Å²) in [6.07, 6.45) is 5.71. The Morgan fingerprint density at radius 2 is 1.00 bits per heavy atom. The van der Waals surface area contributed by atoms with E-state index in [1.165, 1.54) is 25.7 Å². The molecule has 4 heteroatoms. The molecule has 1 rings (SSSR count). The van der Waals surface area contributed by atoms with Crippen LogP contribution < -0.4 is 0 Å². The number of hydrogen-bond acceptors (Lipinski definition) is 3. The molecule has 82 valence electrons. The van der Waals surface area contributed by atoms with Gasteiger partial charge in [0.15, 0.2) is 0 Å². The fourth-order valence-corrected chi connectivity index (χ4v) is 0.979. The van der Waals surface area contributed by atoms with E-state index in [1.54, 1.807) is 5.92 Å². The predicted molar refractivity (Wildman–Crippen MR) is 51.8 cm³/mol. The number of rotatable bonds is 0. The minimum Gasteiger partial charge on any atom is -0.400 e. The molecule has 0 amide bonds. The molecule has 0 heterocycles. The van der Waals surface area contributed by atoms with E-state index in [1.807, 2.05) is 0 Å². The van der Waals surface area contributed by atoms with Gasteiger partial charge >= 0.3 is 0 Å². The second-order valence-electron chi connectivity index (χ2n) is 2.16. The standard InChI is InChI=1S/C6H11.3CH4O.Ti/c1-6-4-2-3-5-6;3*1-2;/h2-5H2,1H3;3*2H,1H3;/q-1;;;;. The van der Waals surface area contributed by atoms with Crippen LogP contribution in [0.25, 0.3) is 0 Å². The van der Waals surface area contributed by atoms with Gasteiger partial charge in [0.25, 0.3) is 0 Å². The van der Waals surface area contributed by atoms with Crippen LogP contribution in [0.1, 0.15) is 32.6 Å². The third-order valence-corrected chi connectivity index (χ3v) is 1.46. The largest absolute Gasteiger partial charge is 0.400 e. The van der Waals surface area contributed by atoms with Gasteiger partial charge in [-0.2, -0.15) is 19.8 Å². The summed E-state index contributed by atoms with van der Waals surface area (Å²) in [4.78, 5) is 0. The van der Waals surface area contributed by atoms with Crippen molar-refractivity contribution >= 4 is 0 Å². The van der Waals surface area contributed by atoms with E-state index < -0.39 is 0 Å². The molecule has 0 aromatic heterocycles. The van der Waals surface area contributed by atoms with Gasteiger partial charge in [-0.3, -0.25) is 0 Å². The van der Waals surface area contributed by atoms with Crippen molar-refractivity contribution in [1.29, 1.82) is 0 Å². The summed E-state index contributed by atoms with van der Waals surface area (Å²) in [5.74, 6) is 1.70. The summed E-state index contributed by atoms with van der Waals surface area (Å²) in [6, 6.07) is 0. The average molecular weight is 227 g/mol. The van der Waals surface area contributed by atoms with Crippen molar-refractivity contribution in [1.82, 2.24) is 0 Å². The van der Waals surface area contributed by atoms with Crippen LogP contribution in [0.15, 0.2) is 0 Å². The van der Waals surface area contributed by atoms with Gasteiger partial charge in [-0.15, -0.1) is 0 Å². The zero-order valence-corrected chi connectivity index (χ0v) is 10.7. The summed E-state index contributed by atoms with van der Waals surface area (Å²) in [6.45, 7) is 2.26. The topological polar surface area (TPSA) is 60.7 Å². The molecule has 0 aromatic rings. The molecule has 0 bridgehead atoms. The van der Waals surface area contributed by atoms with E-state index in [2.05, 4.69) is 6.92 Å². The minimum atomic E-state index is 0. The van der Waals surface area contributed by atoms with Crippen molar-refractivity contribution in [3.8, 4) is 0 Å². The van der Waals surface area contributed by atoms with Crippen LogP contribution in [-0.2, 0) is 21.7 Å². The molecular weight excluding hydrogens is 204 g/mol.